The molecule has 3 heteroatoms. The highest BCUT2D eigenvalue weighted by Gasteiger charge is 2.18. The zero-order chi connectivity index (χ0) is 13.1. The molecule has 1 aromatic carbocycles. The standard InChI is InChI=1S/C16H22N2S/c1-2-10-19-13-8-9-14-15(11-13)18-16(17-14)12-6-4-3-5-7-12/h8-9,11-12H,2-7,10H2,1H3,(H,17,18). The van der Waals surface area contributed by atoms with Gasteiger partial charge in [0.25, 0.3) is 0 Å². The summed E-state index contributed by atoms with van der Waals surface area (Å²) in [7, 11) is 0. The Morgan fingerprint density at radius 3 is 2.89 bits per heavy atom. The van der Waals surface area contributed by atoms with Crippen LogP contribution < -0.4 is 0 Å². The second-order valence-electron chi connectivity index (χ2n) is 5.48. The number of hydrogen-bond acceptors (Lipinski definition) is 2. The number of rotatable bonds is 4. The van der Waals surface area contributed by atoms with Gasteiger partial charge in [-0.05, 0) is 43.2 Å². The Morgan fingerprint density at radius 1 is 1.26 bits per heavy atom. The lowest BCUT2D eigenvalue weighted by molar-refractivity contribution is 0.431. The van der Waals surface area contributed by atoms with Gasteiger partial charge < -0.3 is 4.98 Å². The topological polar surface area (TPSA) is 28.7 Å². The van der Waals surface area contributed by atoms with Crippen LogP contribution >= 0.6 is 11.8 Å². The number of H-pyrrole nitrogens is 1. The van der Waals surface area contributed by atoms with Gasteiger partial charge in [0.1, 0.15) is 5.82 Å². The number of benzene rings is 1. The average Bonchev–Trinajstić information content (AvgIpc) is 2.89. The van der Waals surface area contributed by atoms with Crippen molar-refractivity contribution in [1.29, 1.82) is 0 Å². The third-order valence-electron chi connectivity index (χ3n) is 3.94. The van der Waals surface area contributed by atoms with Crippen molar-refractivity contribution in [3.8, 4) is 0 Å². The predicted molar refractivity (Wildman–Crippen MR) is 82.9 cm³/mol. The maximum atomic E-state index is 4.79. The lowest BCUT2D eigenvalue weighted by Crippen LogP contribution is -2.05. The fourth-order valence-electron chi connectivity index (χ4n) is 2.89. The Morgan fingerprint density at radius 2 is 2.11 bits per heavy atom. The van der Waals surface area contributed by atoms with E-state index in [2.05, 4.69) is 30.1 Å². The Balaban J connectivity index is 1.83. The summed E-state index contributed by atoms with van der Waals surface area (Å²) >= 11 is 1.93. The molecule has 1 N–H and O–H groups in total. The quantitative estimate of drug-likeness (QED) is 0.785. The monoisotopic (exact) mass is 274 g/mol. The van der Waals surface area contributed by atoms with Gasteiger partial charge >= 0.3 is 0 Å². The van der Waals surface area contributed by atoms with E-state index in [1.54, 1.807) is 0 Å². The van der Waals surface area contributed by atoms with E-state index in [1.165, 1.54) is 60.5 Å². The molecule has 2 aromatic rings. The van der Waals surface area contributed by atoms with Crippen LogP contribution in [0.4, 0.5) is 0 Å². The summed E-state index contributed by atoms with van der Waals surface area (Å²) in [5.41, 5.74) is 2.34. The largest absolute Gasteiger partial charge is 0.342 e. The molecule has 0 atom stereocenters. The van der Waals surface area contributed by atoms with Crippen molar-refractivity contribution in [3.63, 3.8) is 0 Å². The van der Waals surface area contributed by atoms with E-state index in [4.69, 9.17) is 4.98 Å². The van der Waals surface area contributed by atoms with Crippen LogP contribution in [0.1, 0.15) is 57.2 Å². The minimum atomic E-state index is 0.660. The summed E-state index contributed by atoms with van der Waals surface area (Å²) in [6.45, 7) is 2.23. The highest BCUT2D eigenvalue weighted by Crippen LogP contribution is 2.32. The lowest BCUT2D eigenvalue weighted by Gasteiger charge is -2.18. The van der Waals surface area contributed by atoms with Crippen LogP contribution in [-0.2, 0) is 0 Å². The molecule has 2 nitrogen and oxygen atoms in total. The van der Waals surface area contributed by atoms with E-state index < -0.39 is 0 Å². The molecule has 19 heavy (non-hydrogen) atoms. The van der Waals surface area contributed by atoms with Crippen molar-refractivity contribution < 1.29 is 0 Å². The lowest BCUT2D eigenvalue weighted by atomic mass is 9.89. The predicted octanol–water partition coefficient (Wildman–Crippen LogP) is 5.11. The van der Waals surface area contributed by atoms with Crippen LogP contribution in [0.15, 0.2) is 23.1 Å². The third-order valence-corrected chi connectivity index (χ3v) is 5.14. The number of aromatic nitrogens is 2. The maximum absolute atomic E-state index is 4.79. The number of hydrogen-bond donors (Lipinski definition) is 1. The fraction of sp³-hybridized carbons (Fsp3) is 0.562. The molecule has 3 rings (SSSR count). The van der Waals surface area contributed by atoms with E-state index in [0.717, 1.165) is 5.52 Å². The molecule has 0 unspecified atom stereocenters. The molecule has 1 fully saturated rings. The van der Waals surface area contributed by atoms with Gasteiger partial charge in [-0.3, -0.25) is 0 Å². The van der Waals surface area contributed by atoms with E-state index in [9.17, 15) is 0 Å². The summed E-state index contributed by atoms with van der Waals surface area (Å²) in [6.07, 6.45) is 7.95. The molecule has 0 spiro atoms. The van der Waals surface area contributed by atoms with Crippen molar-refractivity contribution in [3.05, 3.63) is 24.0 Å². The van der Waals surface area contributed by atoms with Crippen LogP contribution in [0.2, 0.25) is 0 Å². The van der Waals surface area contributed by atoms with Gasteiger partial charge in [-0.1, -0.05) is 26.2 Å². The number of aromatic amines is 1. The van der Waals surface area contributed by atoms with Gasteiger partial charge in [0.2, 0.25) is 0 Å². The third kappa shape index (κ3) is 2.97. The smallest absolute Gasteiger partial charge is 0.110 e. The molecular formula is C16H22N2S. The molecule has 0 radical (unpaired) electrons. The van der Waals surface area contributed by atoms with E-state index >= 15 is 0 Å². The van der Waals surface area contributed by atoms with Crippen LogP contribution in [0, 0.1) is 0 Å². The first-order chi connectivity index (χ1) is 9.36. The van der Waals surface area contributed by atoms with E-state index in [1.807, 2.05) is 11.8 Å². The molecule has 0 saturated heterocycles. The first-order valence-corrected chi connectivity index (χ1v) is 8.48. The van der Waals surface area contributed by atoms with Crippen molar-refractivity contribution in [2.75, 3.05) is 5.75 Å². The molecule has 1 aliphatic carbocycles. The number of imidazole rings is 1. The van der Waals surface area contributed by atoms with Crippen LogP contribution in [-0.4, -0.2) is 15.7 Å². The molecule has 102 valence electrons. The van der Waals surface area contributed by atoms with Crippen LogP contribution in [0.3, 0.4) is 0 Å². The summed E-state index contributed by atoms with van der Waals surface area (Å²) in [5.74, 6) is 3.06. The molecule has 0 bridgehead atoms. The fourth-order valence-corrected chi connectivity index (χ4v) is 3.69. The number of nitrogens with zero attached hydrogens (tertiary/aromatic N) is 1. The minimum Gasteiger partial charge on any atom is -0.342 e. The molecular weight excluding hydrogens is 252 g/mol. The molecule has 1 aromatic heterocycles. The molecule has 0 aliphatic heterocycles. The highest BCUT2D eigenvalue weighted by molar-refractivity contribution is 7.99. The maximum Gasteiger partial charge on any atom is 0.110 e. The average molecular weight is 274 g/mol. The van der Waals surface area contributed by atoms with Crippen LogP contribution in [0.5, 0.6) is 0 Å². The van der Waals surface area contributed by atoms with Gasteiger partial charge in [0, 0.05) is 10.8 Å². The van der Waals surface area contributed by atoms with Crippen LogP contribution in [0.25, 0.3) is 11.0 Å². The van der Waals surface area contributed by atoms with Gasteiger partial charge in [0.05, 0.1) is 11.0 Å². The van der Waals surface area contributed by atoms with E-state index in [0.29, 0.717) is 5.92 Å². The zero-order valence-electron chi connectivity index (χ0n) is 11.6. The second-order valence-corrected chi connectivity index (χ2v) is 6.65. The van der Waals surface area contributed by atoms with Gasteiger partial charge in [-0.2, -0.15) is 0 Å². The Labute approximate surface area is 119 Å². The Bertz CT molecular complexity index is 541. The summed E-state index contributed by atoms with van der Waals surface area (Å²) in [5, 5.41) is 0. The van der Waals surface area contributed by atoms with Crippen molar-refractivity contribution >= 4 is 22.8 Å². The highest BCUT2D eigenvalue weighted by atomic mass is 32.2. The Hall–Kier alpha value is -0.960. The SMILES string of the molecule is CCCSc1ccc2nc(C3CCCCC3)[nH]c2c1. The van der Waals surface area contributed by atoms with Crippen molar-refractivity contribution in [2.24, 2.45) is 0 Å². The van der Waals surface area contributed by atoms with Crippen molar-refractivity contribution in [1.82, 2.24) is 9.97 Å². The first kappa shape index (κ1) is 13.0. The summed E-state index contributed by atoms with van der Waals surface area (Å²) < 4.78 is 0. The minimum absolute atomic E-state index is 0.660. The number of thioether (sulfide) groups is 1. The van der Waals surface area contributed by atoms with Gasteiger partial charge in [-0.15, -0.1) is 11.8 Å². The second kappa shape index (κ2) is 6.00. The molecule has 1 saturated carbocycles. The molecule has 0 amide bonds. The van der Waals surface area contributed by atoms with Gasteiger partial charge in [0.15, 0.2) is 0 Å². The summed E-state index contributed by atoms with van der Waals surface area (Å²) in [4.78, 5) is 9.71. The summed E-state index contributed by atoms with van der Waals surface area (Å²) in [6, 6.07) is 6.62. The van der Waals surface area contributed by atoms with E-state index in [-0.39, 0.29) is 0 Å². The number of fused-ring (bicyclic) bond motifs is 1. The normalized spacial score (nSPS) is 17.1. The van der Waals surface area contributed by atoms with Gasteiger partial charge in [-0.25, -0.2) is 4.98 Å². The first-order valence-electron chi connectivity index (χ1n) is 7.49. The number of nitrogens with one attached hydrogen (secondary N) is 1. The molecule has 1 heterocycles. The molecule has 1 aliphatic rings. The zero-order valence-corrected chi connectivity index (χ0v) is 12.4. The Kier molecular flexibility index (Phi) is 4.12. The van der Waals surface area contributed by atoms with Crippen molar-refractivity contribution in [2.45, 2.75) is 56.3 Å².